The van der Waals surface area contributed by atoms with Crippen LogP contribution >= 0.6 is 11.6 Å². The lowest BCUT2D eigenvalue weighted by molar-refractivity contribution is -0.0469. The summed E-state index contributed by atoms with van der Waals surface area (Å²) in [7, 11) is 0. The SMILES string of the molecule is CC[C@H]1O[C@@H](n2cnc3c(Cl)ncnc32)C(OC(=O)c2ccccc2)[C@H]1C. The fraction of sp³-hybridized carbons (Fsp3) is 0.368. The number of nitrogens with zero attached hydrogens (tertiary/aromatic N) is 4. The van der Waals surface area contributed by atoms with E-state index in [1.807, 2.05) is 19.9 Å². The lowest BCUT2D eigenvalue weighted by atomic mass is 9.98. The van der Waals surface area contributed by atoms with Crippen molar-refractivity contribution in [3.05, 3.63) is 53.7 Å². The topological polar surface area (TPSA) is 79.1 Å². The molecule has 1 fully saturated rings. The number of esters is 1. The summed E-state index contributed by atoms with van der Waals surface area (Å²) < 4.78 is 13.8. The van der Waals surface area contributed by atoms with Gasteiger partial charge in [0.25, 0.3) is 0 Å². The summed E-state index contributed by atoms with van der Waals surface area (Å²) >= 11 is 6.11. The minimum Gasteiger partial charge on any atom is -0.454 e. The van der Waals surface area contributed by atoms with E-state index in [-0.39, 0.29) is 23.1 Å². The minimum absolute atomic E-state index is 0.0161. The average Bonchev–Trinajstić information content (AvgIpc) is 3.25. The lowest BCUT2D eigenvalue weighted by Gasteiger charge is -2.22. The Bertz CT molecular complexity index is 962. The van der Waals surface area contributed by atoms with E-state index < -0.39 is 12.3 Å². The number of aromatic nitrogens is 4. The Hall–Kier alpha value is -2.51. The van der Waals surface area contributed by atoms with Crippen LogP contribution < -0.4 is 0 Å². The predicted molar refractivity (Wildman–Crippen MR) is 99.3 cm³/mol. The van der Waals surface area contributed by atoms with Crippen LogP contribution in [0, 0.1) is 5.92 Å². The van der Waals surface area contributed by atoms with Crippen molar-refractivity contribution < 1.29 is 14.3 Å². The Morgan fingerprint density at radius 3 is 2.78 bits per heavy atom. The number of hydrogen-bond acceptors (Lipinski definition) is 6. The van der Waals surface area contributed by atoms with Crippen molar-refractivity contribution in [3.8, 4) is 0 Å². The largest absolute Gasteiger partial charge is 0.454 e. The third kappa shape index (κ3) is 3.17. The average molecular weight is 387 g/mol. The van der Waals surface area contributed by atoms with Gasteiger partial charge in [0.15, 0.2) is 23.1 Å². The fourth-order valence-corrected chi connectivity index (χ4v) is 3.66. The summed E-state index contributed by atoms with van der Waals surface area (Å²) in [4.78, 5) is 25.2. The number of hydrogen-bond donors (Lipinski definition) is 0. The number of carbonyl (C=O) groups is 1. The van der Waals surface area contributed by atoms with Crippen LogP contribution in [0.3, 0.4) is 0 Å². The second-order valence-electron chi connectivity index (χ2n) is 6.56. The van der Waals surface area contributed by atoms with Crippen molar-refractivity contribution in [1.82, 2.24) is 19.5 Å². The van der Waals surface area contributed by atoms with E-state index in [4.69, 9.17) is 21.1 Å². The molecule has 0 N–H and O–H groups in total. The van der Waals surface area contributed by atoms with Gasteiger partial charge in [-0.3, -0.25) is 4.57 Å². The second-order valence-corrected chi connectivity index (χ2v) is 6.91. The Labute approximate surface area is 161 Å². The van der Waals surface area contributed by atoms with Gasteiger partial charge in [0.1, 0.15) is 11.8 Å². The van der Waals surface area contributed by atoms with Crippen LogP contribution in [0.1, 0.15) is 36.9 Å². The van der Waals surface area contributed by atoms with Gasteiger partial charge in [-0.15, -0.1) is 0 Å². The predicted octanol–water partition coefficient (Wildman–Crippen LogP) is 3.65. The second kappa shape index (κ2) is 7.25. The Balaban J connectivity index is 1.69. The van der Waals surface area contributed by atoms with Crippen LogP contribution in [0.4, 0.5) is 0 Å². The quantitative estimate of drug-likeness (QED) is 0.503. The number of carbonyl (C=O) groups excluding carboxylic acids is 1. The van der Waals surface area contributed by atoms with E-state index in [2.05, 4.69) is 15.0 Å². The number of benzene rings is 1. The maximum atomic E-state index is 12.6. The van der Waals surface area contributed by atoms with Gasteiger partial charge in [0, 0.05) is 5.92 Å². The monoisotopic (exact) mass is 386 g/mol. The van der Waals surface area contributed by atoms with E-state index in [0.29, 0.717) is 16.7 Å². The molecule has 0 amide bonds. The molecular formula is C19H19ClN4O3. The van der Waals surface area contributed by atoms with Crippen LogP contribution in [0.25, 0.3) is 11.2 Å². The van der Waals surface area contributed by atoms with Crippen LogP contribution in [0.2, 0.25) is 5.15 Å². The Morgan fingerprint density at radius 2 is 2.04 bits per heavy atom. The van der Waals surface area contributed by atoms with Crippen molar-refractivity contribution in [2.75, 3.05) is 0 Å². The first-order chi connectivity index (χ1) is 13.1. The van der Waals surface area contributed by atoms with Crippen LogP contribution in [0.15, 0.2) is 43.0 Å². The molecule has 0 saturated carbocycles. The number of ether oxygens (including phenoxy) is 2. The van der Waals surface area contributed by atoms with E-state index in [0.717, 1.165) is 6.42 Å². The number of fused-ring (bicyclic) bond motifs is 1. The van der Waals surface area contributed by atoms with E-state index in [1.165, 1.54) is 6.33 Å². The molecule has 3 heterocycles. The van der Waals surface area contributed by atoms with Crippen molar-refractivity contribution in [2.24, 2.45) is 5.92 Å². The molecule has 0 bridgehead atoms. The normalized spacial score (nSPS) is 25.0. The molecule has 0 spiro atoms. The third-order valence-corrected chi connectivity index (χ3v) is 5.22. The summed E-state index contributed by atoms with van der Waals surface area (Å²) in [5.74, 6) is -0.364. The van der Waals surface area contributed by atoms with Gasteiger partial charge in [-0.1, -0.05) is 43.6 Å². The number of halogens is 1. The molecule has 2 aromatic heterocycles. The fourth-order valence-electron chi connectivity index (χ4n) is 3.48. The van der Waals surface area contributed by atoms with Gasteiger partial charge in [-0.2, -0.15) is 0 Å². The zero-order valence-electron chi connectivity index (χ0n) is 14.9. The zero-order valence-corrected chi connectivity index (χ0v) is 15.7. The molecule has 4 rings (SSSR count). The highest BCUT2D eigenvalue weighted by Crippen LogP contribution is 2.39. The van der Waals surface area contributed by atoms with Gasteiger partial charge in [0.05, 0.1) is 18.0 Å². The molecule has 0 aliphatic carbocycles. The highest BCUT2D eigenvalue weighted by Gasteiger charge is 2.45. The highest BCUT2D eigenvalue weighted by molar-refractivity contribution is 6.33. The van der Waals surface area contributed by atoms with Crippen LogP contribution in [-0.4, -0.2) is 37.7 Å². The van der Waals surface area contributed by atoms with Gasteiger partial charge < -0.3 is 9.47 Å². The van der Waals surface area contributed by atoms with Crippen molar-refractivity contribution >= 4 is 28.7 Å². The summed E-state index contributed by atoms with van der Waals surface area (Å²) in [6.07, 6.45) is 2.73. The van der Waals surface area contributed by atoms with E-state index in [9.17, 15) is 4.79 Å². The maximum Gasteiger partial charge on any atom is 0.338 e. The number of rotatable bonds is 4. The van der Waals surface area contributed by atoms with Gasteiger partial charge in [-0.25, -0.2) is 19.7 Å². The molecular weight excluding hydrogens is 368 g/mol. The van der Waals surface area contributed by atoms with E-state index in [1.54, 1.807) is 35.2 Å². The Kier molecular flexibility index (Phi) is 4.80. The molecule has 140 valence electrons. The van der Waals surface area contributed by atoms with Crippen molar-refractivity contribution in [2.45, 2.75) is 38.7 Å². The summed E-state index contributed by atoms with van der Waals surface area (Å²) in [5.41, 5.74) is 1.54. The molecule has 7 nitrogen and oxygen atoms in total. The standard InChI is InChI=1S/C19H19ClN4O3/c1-3-13-11(2)15(27-19(25)12-7-5-4-6-8-12)18(26-13)24-10-23-14-16(20)21-9-22-17(14)24/h4-11,13,15,18H,3H2,1-2H3/t11-,13+,15?,18+/m0/s1. The van der Waals surface area contributed by atoms with E-state index >= 15 is 0 Å². The van der Waals surface area contributed by atoms with Crippen LogP contribution in [-0.2, 0) is 9.47 Å². The maximum absolute atomic E-state index is 12.6. The molecule has 1 aliphatic rings. The van der Waals surface area contributed by atoms with Crippen LogP contribution in [0.5, 0.6) is 0 Å². The molecule has 4 atom stereocenters. The first-order valence-electron chi connectivity index (χ1n) is 8.84. The highest BCUT2D eigenvalue weighted by atomic mass is 35.5. The van der Waals surface area contributed by atoms with Gasteiger partial charge in [-0.05, 0) is 18.6 Å². The smallest absolute Gasteiger partial charge is 0.338 e. The number of imidazole rings is 1. The molecule has 3 aromatic rings. The molecule has 1 saturated heterocycles. The van der Waals surface area contributed by atoms with Gasteiger partial charge >= 0.3 is 5.97 Å². The minimum atomic E-state index is -0.534. The molecule has 8 heteroatoms. The molecule has 27 heavy (non-hydrogen) atoms. The molecule has 1 aromatic carbocycles. The summed E-state index contributed by atoms with van der Waals surface area (Å²) in [5, 5.41) is 0.273. The summed E-state index contributed by atoms with van der Waals surface area (Å²) in [6.45, 7) is 4.07. The first-order valence-corrected chi connectivity index (χ1v) is 9.22. The zero-order chi connectivity index (χ0) is 19.0. The summed E-state index contributed by atoms with van der Waals surface area (Å²) in [6, 6.07) is 8.93. The van der Waals surface area contributed by atoms with Crippen molar-refractivity contribution in [1.29, 1.82) is 0 Å². The molecule has 0 radical (unpaired) electrons. The Morgan fingerprint density at radius 1 is 1.26 bits per heavy atom. The first kappa shape index (κ1) is 17.9. The molecule has 1 aliphatic heterocycles. The lowest BCUT2D eigenvalue weighted by Crippen LogP contribution is -2.30. The molecule has 1 unspecified atom stereocenters. The van der Waals surface area contributed by atoms with Gasteiger partial charge in [0.2, 0.25) is 0 Å². The van der Waals surface area contributed by atoms with Crippen molar-refractivity contribution in [3.63, 3.8) is 0 Å². The third-order valence-electron chi connectivity index (χ3n) is 4.94.